The molecule has 1 amide bonds. The molecule has 45 heavy (non-hydrogen) atoms. The Morgan fingerprint density at radius 2 is 1.53 bits per heavy atom. The summed E-state index contributed by atoms with van der Waals surface area (Å²) < 4.78 is 45.4. The molecule has 0 radical (unpaired) electrons. The number of methoxy groups -OCH3 is 1. The average molecular weight is 619 g/mol. The second kappa shape index (κ2) is 12.8. The third-order valence-corrected chi connectivity index (χ3v) is 8.74. The van der Waals surface area contributed by atoms with Crippen molar-refractivity contribution >= 4 is 17.7 Å². The Morgan fingerprint density at radius 3 is 2.18 bits per heavy atom. The van der Waals surface area contributed by atoms with Crippen LogP contribution in [0, 0.1) is 17.8 Å². The zero-order valence-electron chi connectivity index (χ0n) is 24.9. The number of hydrogen-bond acceptors (Lipinski definition) is 7. The summed E-state index contributed by atoms with van der Waals surface area (Å²) in [6, 6.07) is 14.8. The molecule has 1 aromatic heterocycles. The van der Waals surface area contributed by atoms with E-state index in [0.29, 0.717) is 48.8 Å². The Morgan fingerprint density at radius 1 is 0.867 bits per heavy atom. The number of carbonyl (C=O) groups excluding carboxylic acids is 2. The fourth-order valence-electron chi connectivity index (χ4n) is 6.13. The summed E-state index contributed by atoms with van der Waals surface area (Å²) in [6.45, 7) is 2.71. The van der Waals surface area contributed by atoms with Crippen molar-refractivity contribution in [2.24, 2.45) is 11.0 Å². The predicted molar refractivity (Wildman–Crippen MR) is 159 cm³/mol. The number of halogens is 3. The van der Waals surface area contributed by atoms with Crippen molar-refractivity contribution in [1.29, 1.82) is 0 Å². The summed E-state index contributed by atoms with van der Waals surface area (Å²) in [7, 11) is 1.32. The van der Waals surface area contributed by atoms with E-state index in [1.807, 2.05) is 17.0 Å². The SMILES string of the molecule is COC(=O)c1ccc(C(=O)N2CCC(C#Cc3ccc(C4CCN(C5=Nn6c(nnc6C(F)(F)F)CC5)CC4)cc3)CC2)cc1. The molecule has 2 saturated heterocycles. The van der Waals surface area contributed by atoms with E-state index in [4.69, 9.17) is 4.74 Å². The van der Waals surface area contributed by atoms with Crippen molar-refractivity contribution in [3.05, 3.63) is 82.4 Å². The second-order valence-corrected chi connectivity index (χ2v) is 11.6. The number of benzene rings is 2. The minimum absolute atomic E-state index is 0.0498. The van der Waals surface area contributed by atoms with Gasteiger partial charge in [-0.2, -0.15) is 22.9 Å². The third kappa shape index (κ3) is 6.72. The zero-order valence-corrected chi connectivity index (χ0v) is 24.9. The Hall–Kier alpha value is -4.66. The Balaban J connectivity index is 0.986. The van der Waals surface area contributed by atoms with E-state index in [2.05, 4.69) is 44.2 Å². The topological polar surface area (TPSA) is 92.9 Å². The van der Waals surface area contributed by atoms with Crippen LogP contribution in [0.5, 0.6) is 0 Å². The second-order valence-electron chi connectivity index (χ2n) is 11.6. The Bertz CT molecular complexity index is 1640. The van der Waals surface area contributed by atoms with Crippen molar-refractivity contribution in [1.82, 2.24) is 24.7 Å². The van der Waals surface area contributed by atoms with Crippen LogP contribution < -0.4 is 0 Å². The van der Waals surface area contributed by atoms with Gasteiger partial charge in [-0.1, -0.05) is 24.0 Å². The van der Waals surface area contributed by atoms with Crippen molar-refractivity contribution in [3.63, 3.8) is 0 Å². The highest BCUT2D eigenvalue weighted by Crippen LogP contribution is 2.32. The number of alkyl halides is 3. The van der Waals surface area contributed by atoms with Crippen LogP contribution in [0.15, 0.2) is 53.6 Å². The summed E-state index contributed by atoms with van der Waals surface area (Å²) in [5, 5.41) is 11.2. The number of amides is 1. The van der Waals surface area contributed by atoms with Gasteiger partial charge < -0.3 is 14.5 Å². The van der Waals surface area contributed by atoms with Gasteiger partial charge in [0.2, 0.25) is 0 Å². The molecular formula is C33H33F3N6O3. The number of fused-ring (bicyclic) bond motifs is 1. The number of esters is 1. The number of rotatable bonds is 3. The Labute approximate surface area is 259 Å². The van der Waals surface area contributed by atoms with Crippen molar-refractivity contribution in [3.8, 4) is 11.8 Å². The van der Waals surface area contributed by atoms with E-state index < -0.39 is 18.0 Å². The molecule has 12 heteroatoms. The highest BCUT2D eigenvalue weighted by molar-refractivity contribution is 5.96. The number of amidine groups is 1. The molecule has 3 aromatic rings. The molecule has 0 atom stereocenters. The monoisotopic (exact) mass is 618 g/mol. The number of aryl methyl sites for hydroxylation is 1. The maximum Gasteiger partial charge on any atom is 0.453 e. The minimum atomic E-state index is -4.59. The normalized spacial score (nSPS) is 17.6. The lowest BCUT2D eigenvalue weighted by Crippen LogP contribution is -2.40. The summed E-state index contributed by atoms with van der Waals surface area (Å²) in [5.74, 6) is 6.60. The summed E-state index contributed by atoms with van der Waals surface area (Å²) in [4.78, 5) is 28.4. The first-order chi connectivity index (χ1) is 21.7. The van der Waals surface area contributed by atoms with E-state index in [1.165, 1.54) is 12.7 Å². The van der Waals surface area contributed by atoms with Gasteiger partial charge in [0.05, 0.1) is 12.7 Å². The van der Waals surface area contributed by atoms with Crippen LogP contribution >= 0.6 is 0 Å². The summed E-state index contributed by atoms with van der Waals surface area (Å²) >= 11 is 0. The third-order valence-electron chi connectivity index (χ3n) is 8.74. The molecule has 234 valence electrons. The van der Waals surface area contributed by atoms with Crippen LogP contribution in [-0.4, -0.2) is 75.7 Å². The number of piperidine rings is 2. The lowest BCUT2D eigenvalue weighted by molar-refractivity contribution is -0.147. The molecule has 0 unspecified atom stereocenters. The van der Waals surface area contributed by atoms with Gasteiger partial charge in [-0.15, -0.1) is 10.2 Å². The maximum atomic E-state index is 13.3. The number of hydrogen-bond donors (Lipinski definition) is 0. The van der Waals surface area contributed by atoms with Crippen molar-refractivity contribution in [2.75, 3.05) is 33.3 Å². The first-order valence-electron chi connectivity index (χ1n) is 15.1. The predicted octanol–water partition coefficient (Wildman–Crippen LogP) is 4.97. The summed E-state index contributed by atoms with van der Waals surface area (Å²) in [6.07, 6.45) is -0.280. The fraction of sp³-hybridized carbons (Fsp3) is 0.424. The first-order valence-corrected chi connectivity index (χ1v) is 15.1. The Kier molecular flexibility index (Phi) is 8.61. The highest BCUT2D eigenvalue weighted by Gasteiger charge is 2.40. The number of nitrogens with zero attached hydrogens (tertiary/aromatic N) is 6. The fourth-order valence-corrected chi connectivity index (χ4v) is 6.13. The molecule has 6 rings (SSSR count). The van der Waals surface area contributed by atoms with Crippen LogP contribution in [0.4, 0.5) is 13.2 Å². The van der Waals surface area contributed by atoms with Crippen LogP contribution in [0.1, 0.15) is 81.5 Å². The quantitative estimate of drug-likeness (QED) is 0.304. The molecule has 0 saturated carbocycles. The van der Waals surface area contributed by atoms with Crippen molar-refractivity contribution in [2.45, 2.75) is 50.6 Å². The van der Waals surface area contributed by atoms with Gasteiger partial charge in [0.15, 0.2) is 5.82 Å². The highest BCUT2D eigenvalue weighted by atomic mass is 19.4. The summed E-state index contributed by atoms with van der Waals surface area (Å²) in [5.41, 5.74) is 3.14. The van der Waals surface area contributed by atoms with Gasteiger partial charge in [0, 0.05) is 56.1 Å². The van der Waals surface area contributed by atoms with Crippen LogP contribution in [0.3, 0.4) is 0 Å². The molecule has 0 bridgehead atoms. The lowest BCUT2D eigenvalue weighted by Gasteiger charge is -2.35. The van der Waals surface area contributed by atoms with Gasteiger partial charge >= 0.3 is 12.1 Å². The molecule has 3 aliphatic rings. The number of aromatic nitrogens is 3. The standard InChI is InChI=1S/C33H33F3N6O3/c1-45-31(44)27-10-8-26(9-11-27)30(43)41-18-14-23(15-19-41)3-2-22-4-6-24(7-5-22)25-16-20-40(21-17-25)29-13-12-28-37-38-32(33(34,35)36)42(28)39-29/h4-11,23,25H,12-21H2,1H3. The maximum absolute atomic E-state index is 13.3. The molecule has 0 spiro atoms. The molecular weight excluding hydrogens is 585 g/mol. The van der Waals surface area contributed by atoms with Crippen LogP contribution in [0.2, 0.25) is 0 Å². The van der Waals surface area contributed by atoms with E-state index in [9.17, 15) is 22.8 Å². The van der Waals surface area contributed by atoms with Gasteiger partial charge in [-0.25, -0.2) is 4.79 Å². The van der Waals surface area contributed by atoms with Gasteiger partial charge in [-0.3, -0.25) is 4.79 Å². The van der Waals surface area contributed by atoms with E-state index in [-0.39, 0.29) is 17.6 Å². The minimum Gasteiger partial charge on any atom is -0.465 e. The van der Waals surface area contributed by atoms with Gasteiger partial charge in [0.25, 0.3) is 11.7 Å². The lowest BCUT2D eigenvalue weighted by atomic mass is 9.88. The number of carbonyl (C=O) groups is 2. The molecule has 0 N–H and O–H groups in total. The molecule has 9 nitrogen and oxygen atoms in total. The van der Waals surface area contributed by atoms with Crippen molar-refractivity contribution < 1.29 is 27.5 Å². The van der Waals surface area contributed by atoms with Crippen LogP contribution in [0.25, 0.3) is 0 Å². The van der Waals surface area contributed by atoms with Crippen LogP contribution in [-0.2, 0) is 17.3 Å². The molecule has 4 heterocycles. The number of likely N-dealkylation sites (tertiary alicyclic amines) is 2. The average Bonchev–Trinajstić information content (AvgIpc) is 3.52. The number of ether oxygens (including phenoxy) is 1. The van der Waals surface area contributed by atoms with E-state index in [1.54, 1.807) is 24.3 Å². The molecule has 2 fully saturated rings. The van der Waals surface area contributed by atoms with Gasteiger partial charge in [-0.05, 0) is 73.6 Å². The smallest absolute Gasteiger partial charge is 0.453 e. The zero-order chi connectivity index (χ0) is 31.6. The van der Waals surface area contributed by atoms with E-state index >= 15 is 0 Å². The largest absolute Gasteiger partial charge is 0.465 e. The molecule has 3 aliphatic heterocycles. The van der Waals surface area contributed by atoms with Gasteiger partial charge in [0.1, 0.15) is 5.84 Å². The first kappa shape index (κ1) is 30.4. The van der Waals surface area contributed by atoms with E-state index in [0.717, 1.165) is 49.0 Å². The molecule has 2 aromatic carbocycles. The molecule has 0 aliphatic carbocycles.